The summed E-state index contributed by atoms with van der Waals surface area (Å²) in [5, 5.41) is 2.13. The third-order valence-electron chi connectivity index (χ3n) is 3.14. The molecule has 0 spiro atoms. The van der Waals surface area contributed by atoms with Crippen LogP contribution in [0.4, 0.5) is 5.82 Å². The van der Waals surface area contributed by atoms with Crippen LogP contribution >= 0.6 is 27.3 Å². The smallest absolute Gasteiger partial charge is 0.143 e. The number of hydrogen-bond acceptors (Lipinski definition) is 3. The first kappa shape index (κ1) is 13.6. The van der Waals surface area contributed by atoms with E-state index in [0.29, 0.717) is 6.04 Å². The Morgan fingerprint density at radius 3 is 2.89 bits per heavy atom. The van der Waals surface area contributed by atoms with Crippen molar-refractivity contribution < 1.29 is 0 Å². The van der Waals surface area contributed by atoms with Crippen LogP contribution in [0.15, 0.2) is 34.2 Å². The number of pyridine rings is 1. The molecular formula is C14H17BrN2S. The molecule has 2 rings (SSSR count). The van der Waals surface area contributed by atoms with E-state index in [1.807, 2.05) is 23.6 Å². The quantitative estimate of drug-likeness (QED) is 0.834. The van der Waals surface area contributed by atoms with Crippen LogP contribution < -0.4 is 4.90 Å². The van der Waals surface area contributed by atoms with E-state index in [2.05, 4.69) is 64.2 Å². The molecule has 96 valence electrons. The summed E-state index contributed by atoms with van der Waals surface area (Å²) in [4.78, 5) is 8.12. The maximum absolute atomic E-state index is 4.47. The lowest BCUT2D eigenvalue weighted by Gasteiger charge is -2.27. The molecule has 18 heavy (non-hydrogen) atoms. The predicted octanol–water partition coefficient (Wildman–Crippen LogP) is 4.28. The topological polar surface area (TPSA) is 16.1 Å². The molecule has 0 bridgehead atoms. The lowest BCUT2D eigenvalue weighted by atomic mass is 10.2. The number of thiophene rings is 1. The molecule has 0 aliphatic carbocycles. The molecule has 4 heteroatoms. The van der Waals surface area contributed by atoms with Crippen molar-refractivity contribution in [2.24, 2.45) is 0 Å². The van der Waals surface area contributed by atoms with Gasteiger partial charge < -0.3 is 4.90 Å². The Bertz CT molecular complexity index is 511. The van der Waals surface area contributed by atoms with Crippen LogP contribution in [0.2, 0.25) is 0 Å². The minimum atomic E-state index is 0.425. The van der Waals surface area contributed by atoms with Crippen LogP contribution in [0.1, 0.15) is 17.4 Å². The largest absolute Gasteiger partial charge is 0.356 e. The fraction of sp³-hybridized carbons (Fsp3) is 0.357. The van der Waals surface area contributed by atoms with Crippen molar-refractivity contribution >= 4 is 33.1 Å². The van der Waals surface area contributed by atoms with Crippen LogP contribution in [0.5, 0.6) is 0 Å². The van der Waals surface area contributed by atoms with Gasteiger partial charge in [-0.05, 0) is 52.9 Å². The lowest BCUT2D eigenvalue weighted by Crippen LogP contribution is -2.31. The van der Waals surface area contributed by atoms with Crippen molar-refractivity contribution in [2.75, 3.05) is 11.9 Å². The molecule has 0 saturated carbocycles. The van der Waals surface area contributed by atoms with Crippen molar-refractivity contribution in [1.82, 2.24) is 4.98 Å². The first-order valence-corrected chi connectivity index (χ1v) is 7.63. The van der Waals surface area contributed by atoms with Crippen molar-refractivity contribution in [2.45, 2.75) is 26.3 Å². The molecule has 0 aliphatic heterocycles. The molecule has 2 heterocycles. The Labute approximate surface area is 121 Å². The van der Waals surface area contributed by atoms with Crippen LogP contribution in [0, 0.1) is 6.92 Å². The van der Waals surface area contributed by atoms with E-state index in [1.54, 1.807) is 0 Å². The number of rotatable bonds is 4. The minimum absolute atomic E-state index is 0.425. The zero-order valence-corrected chi connectivity index (χ0v) is 13.3. The average Bonchev–Trinajstić information content (AvgIpc) is 2.84. The van der Waals surface area contributed by atoms with E-state index < -0.39 is 0 Å². The zero-order valence-electron chi connectivity index (χ0n) is 10.9. The van der Waals surface area contributed by atoms with Gasteiger partial charge in [0.15, 0.2) is 0 Å². The van der Waals surface area contributed by atoms with Crippen molar-refractivity contribution in [3.05, 3.63) is 44.7 Å². The normalized spacial score (nSPS) is 12.4. The van der Waals surface area contributed by atoms with Crippen LogP contribution in [-0.2, 0) is 6.42 Å². The number of anilines is 1. The second-order valence-electron chi connectivity index (χ2n) is 4.51. The van der Waals surface area contributed by atoms with E-state index >= 15 is 0 Å². The summed E-state index contributed by atoms with van der Waals surface area (Å²) in [5.41, 5.74) is 1.22. The Kier molecular flexibility index (Phi) is 4.40. The van der Waals surface area contributed by atoms with Gasteiger partial charge in [0.25, 0.3) is 0 Å². The summed E-state index contributed by atoms with van der Waals surface area (Å²) in [5.74, 6) is 1.01. The molecule has 2 aromatic rings. The van der Waals surface area contributed by atoms with Gasteiger partial charge in [-0.25, -0.2) is 4.98 Å². The fourth-order valence-electron chi connectivity index (χ4n) is 1.84. The van der Waals surface area contributed by atoms with Crippen molar-refractivity contribution in [1.29, 1.82) is 0 Å². The molecule has 0 radical (unpaired) electrons. The summed E-state index contributed by atoms with van der Waals surface area (Å²) >= 11 is 5.44. The second-order valence-corrected chi connectivity index (χ2v) is 6.33. The average molecular weight is 325 g/mol. The highest BCUT2D eigenvalue weighted by atomic mass is 79.9. The van der Waals surface area contributed by atoms with Crippen molar-refractivity contribution in [3.63, 3.8) is 0 Å². The summed E-state index contributed by atoms with van der Waals surface area (Å²) in [6.45, 7) is 4.32. The third-order valence-corrected chi connectivity index (χ3v) is 5.01. The second kappa shape index (κ2) is 5.85. The van der Waals surface area contributed by atoms with E-state index in [0.717, 1.165) is 16.7 Å². The molecule has 0 N–H and O–H groups in total. The van der Waals surface area contributed by atoms with Gasteiger partial charge in [0.1, 0.15) is 5.82 Å². The Balaban J connectivity index is 2.15. The minimum Gasteiger partial charge on any atom is -0.356 e. The number of aryl methyl sites for hydroxylation is 1. The van der Waals surface area contributed by atoms with E-state index in [4.69, 9.17) is 0 Å². The zero-order chi connectivity index (χ0) is 13.1. The van der Waals surface area contributed by atoms with Gasteiger partial charge in [0.2, 0.25) is 0 Å². The highest BCUT2D eigenvalue weighted by molar-refractivity contribution is 9.10. The number of aromatic nitrogens is 1. The Hall–Kier alpha value is -0.870. The first-order valence-electron chi connectivity index (χ1n) is 5.96. The molecule has 2 nitrogen and oxygen atoms in total. The highest BCUT2D eigenvalue weighted by Gasteiger charge is 2.15. The van der Waals surface area contributed by atoms with Gasteiger partial charge in [0, 0.05) is 30.6 Å². The molecule has 0 saturated heterocycles. The maximum atomic E-state index is 4.47. The number of halogens is 1. The molecule has 2 aromatic heterocycles. The van der Waals surface area contributed by atoms with Crippen molar-refractivity contribution in [3.8, 4) is 0 Å². The SMILES string of the molecule is Cc1ccnc(N(C)C(C)Cc2cccs2)c1Br. The van der Waals surface area contributed by atoms with Crippen LogP contribution in [0.25, 0.3) is 0 Å². The van der Waals surface area contributed by atoms with E-state index in [1.165, 1.54) is 10.4 Å². The molecule has 0 aliphatic rings. The lowest BCUT2D eigenvalue weighted by molar-refractivity contribution is 0.678. The van der Waals surface area contributed by atoms with Crippen LogP contribution in [0.3, 0.4) is 0 Å². The summed E-state index contributed by atoms with van der Waals surface area (Å²) in [6, 6.07) is 6.74. The molecule has 1 unspecified atom stereocenters. The van der Waals surface area contributed by atoms with E-state index in [9.17, 15) is 0 Å². The highest BCUT2D eigenvalue weighted by Crippen LogP contribution is 2.28. The Morgan fingerprint density at radius 1 is 1.44 bits per heavy atom. The van der Waals surface area contributed by atoms with Gasteiger partial charge in [-0.3, -0.25) is 0 Å². The van der Waals surface area contributed by atoms with Gasteiger partial charge >= 0.3 is 0 Å². The fourth-order valence-corrected chi connectivity index (χ4v) is 3.18. The monoisotopic (exact) mass is 324 g/mol. The molecule has 0 amide bonds. The standard InChI is InChI=1S/C14H17BrN2S/c1-10-6-7-16-14(13(10)15)17(3)11(2)9-12-5-4-8-18-12/h4-8,11H,9H2,1-3H3. The number of nitrogens with zero attached hydrogens (tertiary/aromatic N) is 2. The number of hydrogen-bond donors (Lipinski definition) is 0. The van der Waals surface area contributed by atoms with E-state index in [-0.39, 0.29) is 0 Å². The van der Waals surface area contributed by atoms with Gasteiger partial charge in [-0.2, -0.15) is 0 Å². The Morgan fingerprint density at radius 2 is 2.22 bits per heavy atom. The summed E-state index contributed by atoms with van der Waals surface area (Å²) in [6.07, 6.45) is 2.92. The summed E-state index contributed by atoms with van der Waals surface area (Å²) < 4.78 is 1.09. The molecular weight excluding hydrogens is 308 g/mol. The van der Waals surface area contributed by atoms with Gasteiger partial charge in [-0.1, -0.05) is 6.07 Å². The predicted molar refractivity (Wildman–Crippen MR) is 82.6 cm³/mol. The maximum Gasteiger partial charge on any atom is 0.143 e. The van der Waals surface area contributed by atoms with Gasteiger partial charge in [-0.15, -0.1) is 11.3 Å². The molecule has 0 fully saturated rings. The molecule has 1 atom stereocenters. The van der Waals surface area contributed by atoms with Gasteiger partial charge in [0.05, 0.1) is 4.47 Å². The van der Waals surface area contributed by atoms with Crippen LogP contribution in [-0.4, -0.2) is 18.1 Å². The molecule has 0 aromatic carbocycles. The summed E-state index contributed by atoms with van der Waals surface area (Å²) in [7, 11) is 2.10. The first-order chi connectivity index (χ1) is 8.59. The number of likely N-dealkylation sites (N-methyl/N-ethyl adjacent to an activating group) is 1. The third kappa shape index (κ3) is 2.93.